The van der Waals surface area contributed by atoms with Crippen molar-refractivity contribution in [3.05, 3.63) is 65.2 Å². The lowest BCUT2D eigenvalue weighted by Crippen LogP contribution is -2.31. The standard InChI is InChI=1S/C28H32N2O4/c1-3-33-24-13-10-20-6-4-5-7-23(20)25(24)30-27(32)29-22-11-8-19(9-12-22)16-28-15-18(2)14-21(28)17-34-26(28)31/h8-13,21H,2-7,14-17H2,1H3,(H2,29,30,32). The summed E-state index contributed by atoms with van der Waals surface area (Å²) in [7, 11) is 0. The van der Waals surface area contributed by atoms with Gasteiger partial charge in [0.05, 0.1) is 24.3 Å². The Morgan fingerprint density at radius 1 is 1.15 bits per heavy atom. The molecule has 0 bridgehead atoms. The number of allylic oxidation sites excluding steroid dienone is 1. The van der Waals surface area contributed by atoms with Crippen molar-refractivity contribution in [1.29, 1.82) is 0 Å². The minimum absolute atomic E-state index is 0.103. The van der Waals surface area contributed by atoms with Crippen molar-refractivity contribution in [2.24, 2.45) is 11.3 Å². The molecule has 2 unspecified atom stereocenters. The van der Waals surface area contributed by atoms with Crippen molar-refractivity contribution in [3.8, 4) is 5.75 Å². The largest absolute Gasteiger partial charge is 0.492 e. The molecule has 0 radical (unpaired) electrons. The first-order chi connectivity index (χ1) is 16.5. The number of carbonyl (C=O) groups is 2. The van der Waals surface area contributed by atoms with E-state index < -0.39 is 5.41 Å². The number of hydrogen-bond acceptors (Lipinski definition) is 4. The molecule has 2 amide bonds. The van der Waals surface area contributed by atoms with Crippen molar-refractivity contribution in [2.45, 2.75) is 51.9 Å². The Balaban J connectivity index is 1.28. The maximum atomic E-state index is 12.9. The van der Waals surface area contributed by atoms with Crippen molar-refractivity contribution in [3.63, 3.8) is 0 Å². The Morgan fingerprint density at radius 3 is 2.74 bits per heavy atom. The number of anilines is 2. The molecular formula is C28H32N2O4. The summed E-state index contributed by atoms with van der Waals surface area (Å²) < 4.78 is 11.2. The zero-order valence-electron chi connectivity index (χ0n) is 19.7. The Morgan fingerprint density at radius 2 is 1.94 bits per heavy atom. The number of carbonyl (C=O) groups excluding carboxylic acids is 2. The quantitative estimate of drug-likeness (QED) is 0.431. The van der Waals surface area contributed by atoms with Crippen LogP contribution in [0.2, 0.25) is 0 Å². The van der Waals surface area contributed by atoms with Gasteiger partial charge in [0.15, 0.2) is 0 Å². The van der Waals surface area contributed by atoms with E-state index in [1.54, 1.807) is 0 Å². The molecule has 5 rings (SSSR count). The maximum absolute atomic E-state index is 12.9. The van der Waals surface area contributed by atoms with Crippen LogP contribution in [0.15, 0.2) is 48.6 Å². The van der Waals surface area contributed by atoms with Crippen LogP contribution in [0.3, 0.4) is 0 Å². The second kappa shape index (κ2) is 9.16. The van der Waals surface area contributed by atoms with Gasteiger partial charge in [-0.3, -0.25) is 4.79 Å². The number of aryl methyl sites for hydroxylation is 1. The number of benzene rings is 2. The molecule has 2 aromatic carbocycles. The second-order valence-electron chi connectivity index (χ2n) is 9.75. The minimum Gasteiger partial charge on any atom is -0.492 e. The third kappa shape index (κ3) is 4.17. The molecule has 3 aliphatic rings. The van der Waals surface area contributed by atoms with Crippen LogP contribution in [0.1, 0.15) is 49.3 Å². The van der Waals surface area contributed by atoms with Crippen LogP contribution in [0.25, 0.3) is 0 Å². The molecule has 2 atom stereocenters. The Bertz CT molecular complexity index is 1120. The third-order valence-electron chi connectivity index (χ3n) is 7.47. The van der Waals surface area contributed by atoms with Crippen molar-refractivity contribution in [1.82, 2.24) is 0 Å². The smallest absolute Gasteiger partial charge is 0.323 e. The van der Waals surface area contributed by atoms with Crippen molar-refractivity contribution in [2.75, 3.05) is 23.8 Å². The lowest BCUT2D eigenvalue weighted by Gasteiger charge is -2.24. The lowest BCUT2D eigenvalue weighted by atomic mass is 9.75. The molecule has 2 fully saturated rings. The first-order valence-electron chi connectivity index (χ1n) is 12.3. The first kappa shape index (κ1) is 22.5. The van der Waals surface area contributed by atoms with E-state index in [-0.39, 0.29) is 17.9 Å². The van der Waals surface area contributed by atoms with Crippen LogP contribution in [0.4, 0.5) is 16.2 Å². The van der Waals surface area contributed by atoms with Gasteiger partial charge < -0.3 is 20.1 Å². The summed E-state index contributed by atoms with van der Waals surface area (Å²) >= 11 is 0. The van der Waals surface area contributed by atoms with Gasteiger partial charge in [0.1, 0.15) is 5.75 Å². The van der Waals surface area contributed by atoms with Gasteiger partial charge in [0.25, 0.3) is 0 Å². The van der Waals surface area contributed by atoms with Gasteiger partial charge in [-0.15, -0.1) is 0 Å². The van der Waals surface area contributed by atoms with Gasteiger partial charge >= 0.3 is 12.0 Å². The number of esters is 1. The molecular weight excluding hydrogens is 428 g/mol. The zero-order valence-corrected chi connectivity index (χ0v) is 19.7. The Kier molecular flexibility index (Phi) is 6.07. The fraction of sp³-hybridized carbons (Fsp3) is 0.429. The van der Waals surface area contributed by atoms with E-state index in [2.05, 4.69) is 23.3 Å². The highest BCUT2D eigenvalue weighted by molar-refractivity contribution is 6.01. The van der Waals surface area contributed by atoms with Crippen LogP contribution in [0.5, 0.6) is 5.75 Å². The molecule has 1 aliphatic heterocycles. The number of ether oxygens (including phenoxy) is 2. The summed E-state index contributed by atoms with van der Waals surface area (Å²) in [4.78, 5) is 25.4. The summed E-state index contributed by atoms with van der Waals surface area (Å²) in [6.07, 6.45) is 6.45. The average molecular weight is 461 g/mol. The monoisotopic (exact) mass is 460 g/mol. The van der Waals surface area contributed by atoms with Crippen LogP contribution >= 0.6 is 0 Å². The lowest BCUT2D eigenvalue weighted by molar-refractivity contribution is -0.146. The van der Waals surface area contributed by atoms with Gasteiger partial charge in [0.2, 0.25) is 0 Å². The predicted molar refractivity (Wildman–Crippen MR) is 132 cm³/mol. The minimum atomic E-state index is -0.481. The van der Waals surface area contributed by atoms with Gasteiger partial charge in [-0.25, -0.2) is 4.79 Å². The number of rotatable bonds is 6. The predicted octanol–water partition coefficient (Wildman–Crippen LogP) is 5.66. The van der Waals surface area contributed by atoms with E-state index >= 15 is 0 Å². The van der Waals surface area contributed by atoms with E-state index in [1.165, 1.54) is 17.5 Å². The fourth-order valence-corrected chi connectivity index (χ4v) is 5.83. The number of hydrogen-bond donors (Lipinski definition) is 2. The van der Waals surface area contributed by atoms with Crippen LogP contribution in [0, 0.1) is 11.3 Å². The van der Waals surface area contributed by atoms with E-state index in [4.69, 9.17) is 9.47 Å². The van der Waals surface area contributed by atoms with Crippen LogP contribution in [-0.2, 0) is 28.8 Å². The van der Waals surface area contributed by atoms with Gasteiger partial charge in [0, 0.05) is 11.6 Å². The number of amides is 2. The zero-order chi connectivity index (χ0) is 23.7. The van der Waals surface area contributed by atoms with Gasteiger partial charge in [-0.1, -0.05) is 30.4 Å². The summed E-state index contributed by atoms with van der Waals surface area (Å²) in [6.45, 7) is 7.09. The average Bonchev–Trinajstić information content (AvgIpc) is 3.30. The van der Waals surface area contributed by atoms with Gasteiger partial charge in [-0.2, -0.15) is 0 Å². The third-order valence-corrected chi connectivity index (χ3v) is 7.47. The van der Waals surface area contributed by atoms with Crippen molar-refractivity contribution < 1.29 is 19.1 Å². The molecule has 0 aromatic heterocycles. The second-order valence-corrected chi connectivity index (χ2v) is 9.75. The first-order valence-corrected chi connectivity index (χ1v) is 12.3. The Hall–Kier alpha value is -3.28. The van der Waals surface area contributed by atoms with E-state index in [0.717, 1.165) is 42.5 Å². The molecule has 1 heterocycles. The highest BCUT2D eigenvalue weighted by atomic mass is 16.5. The summed E-state index contributed by atoms with van der Waals surface area (Å²) in [5.41, 5.74) is 5.64. The molecule has 1 saturated carbocycles. The summed E-state index contributed by atoms with van der Waals surface area (Å²) in [5, 5.41) is 5.98. The molecule has 6 heteroatoms. The van der Waals surface area contributed by atoms with Crippen LogP contribution in [-0.4, -0.2) is 25.2 Å². The highest BCUT2D eigenvalue weighted by Crippen LogP contribution is 2.52. The van der Waals surface area contributed by atoms with Crippen molar-refractivity contribution >= 4 is 23.4 Å². The summed E-state index contributed by atoms with van der Waals surface area (Å²) in [6, 6.07) is 11.5. The molecule has 2 N–H and O–H groups in total. The van der Waals surface area contributed by atoms with E-state index in [0.29, 0.717) is 37.5 Å². The van der Waals surface area contributed by atoms with Gasteiger partial charge in [-0.05, 0) is 86.8 Å². The molecule has 2 aromatic rings. The number of nitrogens with one attached hydrogen (secondary N) is 2. The number of urea groups is 1. The summed E-state index contributed by atoms with van der Waals surface area (Å²) in [5.74, 6) is 0.825. The van der Waals surface area contributed by atoms with E-state index in [1.807, 2.05) is 37.3 Å². The molecule has 1 saturated heterocycles. The number of cyclic esters (lactones) is 1. The normalized spacial score (nSPS) is 23.1. The molecule has 2 aliphatic carbocycles. The van der Waals surface area contributed by atoms with Crippen LogP contribution < -0.4 is 15.4 Å². The molecule has 34 heavy (non-hydrogen) atoms. The SMILES string of the molecule is C=C1CC2COC(=O)C2(Cc2ccc(NC(=O)Nc3c(OCC)ccc4c3CCCC4)cc2)C1. The topological polar surface area (TPSA) is 76.7 Å². The highest BCUT2D eigenvalue weighted by Gasteiger charge is 2.55. The van der Waals surface area contributed by atoms with E-state index in [9.17, 15) is 9.59 Å². The fourth-order valence-electron chi connectivity index (χ4n) is 5.83. The maximum Gasteiger partial charge on any atom is 0.323 e. The molecule has 0 spiro atoms. The number of fused-ring (bicyclic) bond motifs is 2. The Labute approximate surface area is 200 Å². The molecule has 178 valence electrons. The molecule has 6 nitrogen and oxygen atoms in total.